The quantitative estimate of drug-likeness (QED) is 0.0818. The third-order valence-electron chi connectivity index (χ3n) is 12.6. The van der Waals surface area contributed by atoms with Crippen molar-refractivity contribution < 1.29 is 14.7 Å². The van der Waals surface area contributed by atoms with Crippen LogP contribution in [0, 0.1) is 5.92 Å². The highest BCUT2D eigenvalue weighted by Gasteiger charge is 2.27. The maximum Gasteiger partial charge on any atom is 0.221 e. The number of ketones is 2. The fourth-order valence-electron chi connectivity index (χ4n) is 8.94. The van der Waals surface area contributed by atoms with Crippen LogP contribution in [0.1, 0.15) is 105 Å². The standard InChI is InChI=1S/C20H28N4O.C16H17BrN4O.C16H17ClN4O/c1-13(2)18(14-6-4-3-5-7-14)17-12-22-20(21)24-19(17)23-15-8-10-16(25)11-9-15;2*17-13-3-1-11(2-4-13)9-12-10-19-16(18)20-15(12)21-7-5-14(22)6-8-21/h3-7,12-13,15-16,18,25H,8-11H2,1-2H3,(H3,21,22,23,24);2*1-4,10H,5-9H2,(H2,18,19,20). The number of carbonyl (C=O) groups is 2. The summed E-state index contributed by atoms with van der Waals surface area (Å²) < 4.78 is 1.06. The average Bonchev–Trinajstić information content (AvgIpc) is 3.34. The number of aromatic nitrogens is 6. The minimum atomic E-state index is -0.166. The minimum Gasteiger partial charge on any atom is -0.393 e. The second-order valence-electron chi connectivity index (χ2n) is 18.1. The van der Waals surface area contributed by atoms with E-state index in [0.717, 1.165) is 76.3 Å². The fourth-order valence-corrected chi connectivity index (χ4v) is 9.33. The Morgan fingerprint density at radius 1 is 0.667 bits per heavy atom. The smallest absolute Gasteiger partial charge is 0.221 e. The summed E-state index contributed by atoms with van der Waals surface area (Å²) in [6.07, 6.45) is 12.5. The lowest BCUT2D eigenvalue weighted by Gasteiger charge is -2.29. The van der Waals surface area contributed by atoms with Gasteiger partial charge >= 0.3 is 0 Å². The van der Waals surface area contributed by atoms with Gasteiger partial charge in [-0.1, -0.05) is 96.0 Å². The highest BCUT2D eigenvalue weighted by molar-refractivity contribution is 9.10. The first kappa shape index (κ1) is 50.6. The predicted molar refractivity (Wildman–Crippen MR) is 278 cm³/mol. The molecule has 0 bridgehead atoms. The van der Waals surface area contributed by atoms with Crippen molar-refractivity contribution in [1.82, 2.24) is 29.9 Å². The van der Waals surface area contributed by atoms with Gasteiger partial charge in [0.2, 0.25) is 17.8 Å². The molecule has 69 heavy (non-hydrogen) atoms. The molecule has 3 fully saturated rings. The minimum absolute atomic E-state index is 0.166. The summed E-state index contributed by atoms with van der Waals surface area (Å²) in [7, 11) is 0. The first-order chi connectivity index (χ1) is 33.3. The molecule has 15 nitrogen and oxygen atoms in total. The highest BCUT2D eigenvalue weighted by atomic mass is 79.9. The lowest BCUT2D eigenvalue weighted by molar-refractivity contribution is -0.120. The van der Waals surface area contributed by atoms with E-state index in [4.69, 9.17) is 28.8 Å². The van der Waals surface area contributed by atoms with E-state index < -0.39 is 0 Å². The molecule has 6 aromatic rings. The van der Waals surface area contributed by atoms with E-state index in [0.29, 0.717) is 86.8 Å². The Morgan fingerprint density at radius 3 is 1.62 bits per heavy atom. The van der Waals surface area contributed by atoms with Crippen molar-refractivity contribution >= 4 is 74.4 Å². The van der Waals surface area contributed by atoms with Crippen LogP contribution in [-0.2, 0) is 22.4 Å². The van der Waals surface area contributed by atoms with Crippen molar-refractivity contribution in [1.29, 1.82) is 0 Å². The number of piperidine rings is 2. The van der Waals surface area contributed by atoms with Crippen molar-refractivity contribution in [2.75, 3.05) is 58.5 Å². The van der Waals surface area contributed by atoms with Gasteiger partial charge in [-0.05, 0) is 72.6 Å². The molecule has 5 heterocycles. The van der Waals surface area contributed by atoms with Crippen LogP contribution in [0.3, 0.4) is 0 Å². The van der Waals surface area contributed by atoms with Crippen LogP contribution < -0.4 is 32.3 Å². The van der Waals surface area contributed by atoms with Gasteiger partial charge in [-0.15, -0.1) is 0 Å². The van der Waals surface area contributed by atoms with E-state index in [-0.39, 0.29) is 29.9 Å². The van der Waals surface area contributed by atoms with E-state index in [9.17, 15) is 14.7 Å². The number of nitrogen functional groups attached to an aromatic ring is 3. The number of Topliss-reactive ketones (excluding diaryl/α,β-unsaturated/α-hetero) is 2. The van der Waals surface area contributed by atoms with Gasteiger partial charge in [0.25, 0.3) is 0 Å². The van der Waals surface area contributed by atoms with Gasteiger partial charge in [-0.3, -0.25) is 9.59 Å². The number of hydrogen-bond acceptors (Lipinski definition) is 15. The molecule has 2 aliphatic heterocycles. The van der Waals surface area contributed by atoms with E-state index in [1.54, 1.807) is 12.4 Å². The summed E-state index contributed by atoms with van der Waals surface area (Å²) in [4.78, 5) is 52.9. The molecule has 0 spiro atoms. The second kappa shape index (κ2) is 24.4. The van der Waals surface area contributed by atoms with Gasteiger partial charge in [0, 0.05) is 121 Å². The van der Waals surface area contributed by atoms with Gasteiger partial charge in [-0.2, -0.15) is 15.0 Å². The van der Waals surface area contributed by atoms with Crippen molar-refractivity contribution in [2.24, 2.45) is 5.92 Å². The molecule has 1 atom stereocenters. The number of halogens is 2. The molecule has 3 aromatic heterocycles. The number of rotatable bonds is 11. The highest BCUT2D eigenvalue weighted by Crippen LogP contribution is 2.36. The Hall–Kier alpha value is -6.23. The largest absolute Gasteiger partial charge is 0.393 e. The Morgan fingerprint density at radius 2 is 1.13 bits per heavy atom. The molecule has 9 rings (SSSR count). The van der Waals surface area contributed by atoms with Crippen LogP contribution in [0.25, 0.3) is 0 Å². The summed E-state index contributed by atoms with van der Waals surface area (Å²) in [6, 6.07) is 26.7. The van der Waals surface area contributed by atoms with Crippen molar-refractivity contribution in [3.63, 3.8) is 0 Å². The van der Waals surface area contributed by atoms with Crippen LogP contribution in [0.15, 0.2) is 102 Å². The number of benzene rings is 3. The number of aliphatic hydroxyl groups excluding tert-OH is 1. The molecule has 2 saturated heterocycles. The summed E-state index contributed by atoms with van der Waals surface area (Å²) in [5, 5.41) is 14.0. The van der Waals surface area contributed by atoms with Crippen molar-refractivity contribution in [2.45, 2.75) is 96.1 Å². The van der Waals surface area contributed by atoms with Gasteiger partial charge in [0.15, 0.2) is 0 Å². The summed E-state index contributed by atoms with van der Waals surface area (Å²) >= 11 is 9.36. The van der Waals surface area contributed by atoms with E-state index in [1.807, 2.05) is 48.7 Å². The molecule has 3 aromatic carbocycles. The lowest BCUT2D eigenvalue weighted by atomic mass is 9.83. The van der Waals surface area contributed by atoms with E-state index in [2.05, 4.69) is 111 Å². The normalized spacial score (nSPS) is 17.6. The van der Waals surface area contributed by atoms with E-state index >= 15 is 0 Å². The maximum absolute atomic E-state index is 11.4. The Kier molecular flexibility index (Phi) is 17.9. The first-order valence-electron chi connectivity index (χ1n) is 23.6. The van der Waals surface area contributed by atoms with Gasteiger partial charge in [-0.25, -0.2) is 15.0 Å². The molecule has 362 valence electrons. The monoisotopic (exact) mass is 1020 g/mol. The number of carbonyl (C=O) groups excluding carboxylic acids is 2. The number of aliphatic hydroxyl groups is 1. The molecule has 1 aliphatic carbocycles. The summed E-state index contributed by atoms with van der Waals surface area (Å²) in [5.74, 6) is 4.55. The molecule has 3 aliphatic rings. The van der Waals surface area contributed by atoms with Gasteiger partial charge in [0.1, 0.15) is 29.0 Å². The topological polar surface area (TPSA) is 228 Å². The Balaban J connectivity index is 0.000000153. The fraction of sp³-hybridized carbons (Fsp3) is 0.385. The maximum atomic E-state index is 11.4. The van der Waals surface area contributed by atoms with Gasteiger partial charge in [0.05, 0.1) is 6.10 Å². The number of anilines is 6. The van der Waals surface area contributed by atoms with Crippen LogP contribution >= 0.6 is 27.5 Å². The number of nitrogens with zero attached hydrogens (tertiary/aromatic N) is 8. The second-order valence-corrected chi connectivity index (χ2v) is 19.5. The molecular weight excluding hydrogens is 956 g/mol. The van der Waals surface area contributed by atoms with Gasteiger partial charge < -0.3 is 37.4 Å². The molecule has 1 saturated carbocycles. The third-order valence-corrected chi connectivity index (χ3v) is 13.4. The van der Waals surface area contributed by atoms with Crippen LogP contribution in [-0.4, -0.2) is 84.9 Å². The zero-order valence-corrected chi connectivity index (χ0v) is 41.6. The van der Waals surface area contributed by atoms with Crippen LogP contribution in [0.5, 0.6) is 0 Å². The van der Waals surface area contributed by atoms with E-state index in [1.165, 1.54) is 11.1 Å². The number of nitrogens with two attached hydrogens (primary N) is 3. The number of nitrogens with one attached hydrogen (secondary N) is 1. The molecule has 17 heteroatoms. The average molecular weight is 1020 g/mol. The number of hydrogen-bond donors (Lipinski definition) is 5. The third kappa shape index (κ3) is 14.6. The first-order valence-corrected chi connectivity index (χ1v) is 24.8. The van der Waals surface area contributed by atoms with Crippen molar-refractivity contribution in [3.8, 4) is 0 Å². The summed E-state index contributed by atoms with van der Waals surface area (Å²) in [5.41, 5.74) is 24.1. The zero-order chi connectivity index (χ0) is 48.9. The van der Waals surface area contributed by atoms with Crippen molar-refractivity contribution in [3.05, 3.63) is 140 Å². The SMILES string of the molecule is CC(C)C(c1ccccc1)c1cnc(N)nc1NC1CCC(O)CC1.Nc1ncc(Cc2ccc(Br)cc2)c(N2CCC(=O)CC2)n1.Nc1ncc(Cc2ccc(Cl)cc2)c(N2CCC(=O)CC2)n1. The predicted octanol–water partition coefficient (Wildman–Crippen LogP) is 8.62. The molecule has 0 radical (unpaired) electrons. The van der Waals surface area contributed by atoms with Crippen LogP contribution in [0.2, 0.25) is 5.02 Å². The Bertz CT molecular complexity index is 2490. The molecule has 1 unspecified atom stereocenters. The molecule has 0 amide bonds. The molecule has 8 N–H and O–H groups in total. The molecular formula is C52H62BrClN12O3. The van der Waals surface area contributed by atoms with Crippen LogP contribution in [0.4, 0.5) is 35.3 Å². The summed E-state index contributed by atoms with van der Waals surface area (Å²) in [6.45, 7) is 7.20. The lowest BCUT2D eigenvalue weighted by Crippen LogP contribution is -2.35. The zero-order valence-electron chi connectivity index (χ0n) is 39.3. The Labute approximate surface area is 417 Å².